The molecule has 0 saturated carbocycles. The topological polar surface area (TPSA) is 78.4 Å². The molecule has 0 spiro atoms. The first kappa shape index (κ1) is 17.0. The molecule has 0 saturated heterocycles. The average molecular weight is 316 g/mol. The van der Waals surface area contributed by atoms with Crippen molar-refractivity contribution in [2.75, 3.05) is 12.9 Å². The Morgan fingerprint density at radius 2 is 2.10 bits per heavy atom. The van der Waals surface area contributed by atoms with Crippen LogP contribution in [0.3, 0.4) is 0 Å². The Labute approximate surface area is 127 Å². The summed E-state index contributed by atoms with van der Waals surface area (Å²) >= 11 is 2.82. The molecule has 1 aromatic heterocycles. The van der Waals surface area contributed by atoms with Crippen LogP contribution < -0.4 is 10.6 Å². The molecule has 5 nitrogen and oxygen atoms in total. The fourth-order valence-corrected chi connectivity index (χ4v) is 2.87. The summed E-state index contributed by atoms with van der Waals surface area (Å²) in [6.07, 6.45) is 1.88. The number of rotatable bonds is 7. The number of thioether (sulfide) groups is 1. The number of carbonyl (C=O) groups is 2. The number of amides is 2. The van der Waals surface area contributed by atoms with E-state index in [-0.39, 0.29) is 29.7 Å². The highest BCUT2D eigenvalue weighted by Gasteiger charge is 2.22. The van der Waals surface area contributed by atoms with Crippen molar-refractivity contribution in [3.63, 3.8) is 0 Å². The highest BCUT2D eigenvalue weighted by atomic mass is 32.2. The molecule has 3 atom stereocenters. The predicted octanol–water partition coefficient (Wildman–Crippen LogP) is 1.09. The molecule has 20 heavy (non-hydrogen) atoms. The van der Waals surface area contributed by atoms with Gasteiger partial charge in [0.1, 0.15) is 6.04 Å². The molecule has 0 aliphatic carbocycles. The van der Waals surface area contributed by atoms with Crippen molar-refractivity contribution in [2.45, 2.75) is 31.2 Å². The van der Waals surface area contributed by atoms with E-state index in [4.69, 9.17) is 0 Å². The van der Waals surface area contributed by atoms with Gasteiger partial charge in [0.15, 0.2) is 0 Å². The first-order valence-corrected chi connectivity index (χ1v) is 8.44. The lowest BCUT2D eigenvalue weighted by Gasteiger charge is -2.23. The summed E-state index contributed by atoms with van der Waals surface area (Å²) in [4.78, 5) is 24.4. The van der Waals surface area contributed by atoms with Crippen molar-refractivity contribution >= 4 is 34.9 Å². The Balaban J connectivity index is 2.49. The number of nitrogens with one attached hydrogen (secondary N) is 2. The molecule has 0 aliphatic heterocycles. The van der Waals surface area contributed by atoms with Gasteiger partial charge in [-0.05, 0) is 31.5 Å². The SMILES string of the molecule is CSC(CO)C(C)NC(=O)C(C)NC(=O)c1cccs1. The van der Waals surface area contributed by atoms with E-state index in [1.54, 1.807) is 19.1 Å². The first-order valence-electron chi connectivity index (χ1n) is 6.28. The van der Waals surface area contributed by atoms with Crippen LogP contribution in [0, 0.1) is 0 Å². The molecule has 0 radical (unpaired) electrons. The van der Waals surface area contributed by atoms with Gasteiger partial charge in [-0.3, -0.25) is 9.59 Å². The van der Waals surface area contributed by atoms with Gasteiger partial charge in [-0.2, -0.15) is 11.8 Å². The van der Waals surface area contributed by atoms with Gasteiger partial charge in [0.25, 0.3) is 5.91 Å². The molecule has 0 bridgehead atoms. The van der Waals surface area contributed by atoms with Crippen LogP contribution in [-0.2, 0) is 4.79 Å². The standard InChI is InChI=1S/C13H20N2O3S2/c1-8(11(7-16)19-3)14-12(17)9(2)15-13(18)10-5-4-6-20-10/h4-6,8-9,11,16H,7H2,1-3H3,(H,14,17)(H,15,18). The first-order chi connectivity index (χ1) is 9.49. The number of aliphatic hydroxyl groups is 1. The van der Waals surface area contributed by atoms with Gasteiger partial charge in [-0.1, -0.05) is 6.07 Å². The molecule has 7 heteroatoms. The molecule has 2 amide bonds. The lowest BCUT2D eigenvalue weighted by Crippen LogP contribution is -2.50. The predicted molar refractivity (Wildman–Crippen MR) is 83.2 cm³/mol. The van der Waals surface area contributed by atoms with Gasteiger partial charge in [0.2, 0.25) is 5.91 Å². The van der Waals surface area contributed by atoms with Crippen molar-refractivity contribution in [2.24, 2.45) is 0 Å². The quantitative estimate of drug-likeness (QED) is 0.704. The molecule has 0 aliphatic rings. The molecular formula is C13H20N2O3S2. The fourth-order valence-electron chi connectivity index (χ4n) is 1.62. The van der Waals surface area contributed by atoms with Crippen LogP contribution in [0.4, 0.5) is 0 Å². The lowest BCUT2D eigenvalue weighted by molar-refractivity contribution is -0.123. The van der Waals surface area contributed by atoms with Crippen LogP contribution in [0.5, 0.6) is 0 Å². The van der Waals surface area contributed by atoms with Gasteiger partial charge < -0.3 is 15.7 Å². The second kappa shape index (κ2) is 8.28. The smallest absolute Gasteiger partial charge is 0.261 e. The number of thiophene rings is 1. The van der Waals surface area contributed by atoms with Gasteiger partial charge in [-0.25, -0.2) is 0 Å². The van der Waals surface area contributed by atoms with E-state index in [0.717, 1.165) is 0 Å². The Morgan fingerprint density at radius 1 is 1.40 bits per heavy atom. The minimum Gasteiger partial charge on any atom is -0.395 e. The van der Waals surface area contributed by atoms with Crippen LogP contribution in [-0.4, -0.2) is 47.1 Å². The summed E-state index contributed by atoms with van der Waals surface area (Å²) in [6, 6.07) is 2.72. The second-order valence-corrected chi connectivity index (χ2v) is 6.45. The zero-order chi connectivity index (χ0) is 15.1. The molecule has 3 N–H and O–H groups in total. The van der Waals surface area contributed by atoms with Crippen LogP contribution in [0.15, 0.2) is 17.5 Å². The number of hydrogen-bond donors (Lipinski definition) is 3. The Morgan fingerprint density at radius 3 is 2.60 bits per heavy atom. The summed E-state index contributed by atoms with van der Waals surface area (Å²) in [5.74, 6) is -0.506. The molecule has 112 valence electrons. The monoisotopic (exact) mass is 316 g/mol. The van der Waals surface area contributed by atoms with Crippen LogP contribution >= 0.6 is 23.1 Å². The molecule has 1 aromatic rings. The van der Waals surface area contributed by atoms with E-state index in [0.29, 0.717) is 4.88 Å². The molecule has 0 aromatic carbocycles. The van der Waals surface area contributed by atoms with Gasteiger partial charge in [-0.15, -0.1) is 11.3 Å². The van der Waals surface area contributed by atoms with Crippen molar-refractivity contribution in [3.8, 4) is 0 Å². The maximum Gasteiger partial charge on any atom is 0.261 e. The highest BCUT2D eigenvalue weighted by Crippen LogP contribution is 2.11. The molecule has 1 heterocycles. The third kappa shape index (κ3) is 4.81. The molecular weight excluding hydrogens is 296 g/mol. The summed E-state index contributed by atoms with van der Waals surface area (Å²) in [6.45, 7) is 3.47. The van der Waals surface area contributed by atoms with E-state index in [1.807, 2.05) is 18.6 Å². The third-order valence-electron chi connectivity index (χ3n) is 2.90. The Bertz CT molecular complexity index is 433. The fraction of sp³-hybridized carbons (Fsp3) is 0.538. The van der Waals surface area contributed by atoms with E-state index < -0.39 is 6.04 Å². The summed E-state index contributed by atoms with van der Waals surface area (Å²) in [5.41, 5.74) is 0. The number of aliphatic hydroxyl groups excluding tert-OH is 1. The van der Waals surface area contributed by atoms with Crippen molar-refractivity contribution in [1.82, 2.24) is 10.6 Å². The Hall–Kier alpha value is -1.05. The number of hydrogen-bond acceptors (Lipinski definition) is 5. The van der Waals surface area contributed by atoms with Crippen LogP contribution in [0.1, 0.15) is 23.5 Å². The third-order valence-corrected chi connectivity index (χ3v) is 4.93. The summed E-state index contributed by atoms with van der Waals surface area (Å²) < 4.78 is 0. The normalized spacial score (nSPS) is 15.2. The second-order valence-electron chi connectivity index (χ2n) is 4.43. The molecule has 1 rings (SSSR count). The van der Waals surface area contributed by atoms with E-state index >= 15 is 0 Å². The zero-order valence-electron chi connectivity index (χ0n) is 11.8. The summed E-state index contributed by atoms with van der Waals surface area (Å²) in [7, 11) is 0. The Kier molecular flexibility index (Phi) is 7.04. The van der Waals surface area contributed by atoms with Crippen LogP contribution in [0.25, 0.3) is 0 Å². The van der Waals surface area contributed by atoms with Gasteiger partial charge in [0.05, 0.1) is 11.5 Å². The highest BCUT2D eigenvalue weighted by molar-refractivity contribution is 7.99. The lowest BCUT2D eigenvalue weighted by atomic mass is 10.2. The van der Waals surface area contributed by atoms with E-state index in [9.17, 15) is 14.7 Å². The average Bonchev–Trinajstić information content (AvgIpc) is 2.93. The van der Waals surface area contributed by atoms with E-state index in [2.05, 4.69) is 10.6 Å². The summed E-state index contributed by atoms with van der Waals surface area (Å²) in [5, 5.41) is 16.4. The zero-order valence-corrected chi connectivity index (χ0v) is 13.4. The molecule has 3 unspecified atom stereocenters. The largest absolute Gasteiger partial charge is 0.395 e. The van der Waals surface area contributed by atoms with Crippen molar-refractivity contribution in [1.29, 1.82) is 0 Å². The maximum absolute atomic E-state index is 12.0. The maximum atomic E-state index is 12.0. The minimum absolute atomic E-state index is 0.00144. The van der Waals surface area contributed by atoms with Gasteiger partial charge in [0, 0.05) is 11.3 Å². The van der Waals surface area contributed by atoms with Crippen molar-refractivity contribution < 1.29 is 14.7 Å². The van der Waals surface area contributed by atoms with E-state index in [1.165, 1.54) is 23.1 Å². The van der Waals surface area contributed by atoms with Crippen LogP contribution in [0.2, 0.25) is 0 Å². The number of carbonyl (C=O) groups excluding carboxylic acids is 2. The van der Waals surface area contributed by atoms with Crippen molar-refractivity contribution in [3.05, 3.63) is 22.4 Å². The molecule has 0 fully saturated rings. The van der Waals surface area contributed by atoms with Gasteiger partial charge >= 0.3 is 0 Å². The minimum atomic E-state index is -0.617.